The zero-order valence-electron chi connectivity index (χ0n) is 11.7. The average Bonchev–Trinajstić information content (AvgIpc) is 2.23. The molecule has 1 saturated carbocycles. The summed E-state index contributed by atoms with van der Waals surface area (Å²) >= 11 is 0. The summed E-state index contributed by atoms with van der Waals surface area (Å²) in [5.41, 5.74) is 7.70. The van der Waals surface area contributed by atoms with Gasteiger partial charge >= 0.3 is 0 Å². The molecule has 0 unspecified atom stereocenters. The Balaban J connectivity index is 2.29. The van der Waals surface area contributed by atoms with Gasteiger partial charge in [0, 0.05) is 24.4 Å². The number of hydrogen-bond donors (Lipinski definition) is 2. The van der Waals surface area contributed by atoms with Crippen molar-refractivity contribution in [3.63, 3.8) is 0 Å². The number of nitrogens with one attached hydrogen (secondary N) is 1. The van der Waals surface area contributed by atoms with Gasteiger partial charge in [-0.3, -0.25) is 0 Å². The minimum atomic E-state index is 0.0262. The van der Waals surface area contributed by atoms with Crippen molar-refractivity contribution in [1.82, 2.24) is 9.97 Å². The van der Waals surface area contributed by atoms with Gasteiger partial charge in [0.05, 0.1) is 17.6 Å². The number of rotatable bonds is 4. The van der Waals surface area contributed by atoms with Gasteiger partial charge in [-0.25, -0.2) is 9.97 Å². The van der Waals surface area contributed by atoms with Crippen molar-refractivity contribution in [2.45, 2.75) is 51.4 Å². The van der Waals surface area contributed by atoms with E-state index < -0.39 is 0 Å². The fourth-order valence-electron chi connectivity index (χ4n) is 2.17. The molecule has 1 fully saturated rings. The van der Waals surface area contributed by atoms with Crippen molar-refractivity contribution in [2.75, 3.05) is 18.4 Å². The van der Waals surface area contributed by atoms with Gasteiger partial charge in [-0.05, 0) is 12.8 Å². The predicted molar refractivity (Wildman–Crippen MR) is 74.9 cm³/mol. The van der Waals surface area contributed by atoms with Gasteiger partial charge < -0.3 is 11.1 Å². The van der Waals surface area contributed by atoms with Crippen LogP contribution >= 0.6 is 0 Å². The van der Waals surface area contributed by atoms with Gasteiger partial charge in [-0.1, -0.05) is 27.2 Å². The summed E-state index contributed by atoms with van der Waals surface area (Å²) in [6.07, 6.45) is 5.71. The molecule has 0 saturated heterocycles. The second kappa shape index (κ2) is 5.22. The molecule has 1 aromatic heterocycles. The van der Waals surface area contributed by atoms with Crippen molar-refractivity contribution in [1.29, 1.82) is 0 Å². The lowest BCUT2D eigenvalue weighted by Gasteiger charge is -2.27. The molecule has 100 valence electrons. The van der Waals surface area contributed by atoms with E-state index in [0.29, 0.717) is 12.5 Å². The molecule has 1 aliphatic rings. The SMILES string of the molecule is CC(C)(C)c1nc(C2CCC2)ncc1NCCN. The van der Waals surface area contributed by atoms with Crippen LogP contribution in [0.1, 0.15) is 57.5 Å². The monoisotopic (exact) mass is 248 g/mol. The highest BCUT2D eigenvalue weighted by molar-refractivity contribution is 5.49. The Morgan fingerprint density at radius 3 is 2.61 bits per heavy atom. The first-order chi connectivity index (χ1) is 8.52. The van der Waals surface area contributed by atoms with E-state index in [1.807, 2.05) is 6.20 Å². The van der Waals surface area contributed by atoms with Crippen LogP contribution in [0.15, 0.2) is 6.20 Å². The minimum Gasteiger partial charge on any atom is -0.381 e. The fourth-order valence-corrected chi connectivity index (χ4v) is 2.17. The minimum absolute atomic E-state index is 0.0262. The fraction of sp³-hybridized carbons (Fsp3) is 0.714. The Bertz CT molecular complexity index is 405. The highest BCUT2D eigenvalue weighted by Gasteiger charge is 2.26. The quantitative estimate of drug-likeness (QED) is 0.859. The van der Waals surface area contributed by atoms with Gasteiger partial charge in [-0.15, -0.1) is 0 Å². The third-order valence-electron chi connectivity index (χ3n) is 3.45. The molecular weight excluding hydrogens is 224 g/mol. The molecule has 2 rings (SSSR count). The summed E-state index contributed by atoms with van der Waals surface area (Å²) < 4.78 is 0. The van der Waals surface area contributed by atoms with Gasteiger partial charge in [0.15, 0.2) is 0 Å². The van der Waals surface area contributed by atoms with Crippen molar-refractivity contribution in [3.8, 4) is 0 Å². The van der Waals surface area contributed by atoms with E-state index >= 15 is 0 Å². The maximum atomic E-state index is 5.54. The molecule has 18 heavy (non-hydrogen) atoms. The lowest BCUT2D eigenvalue weighted by atomic mass is 9.84. The van der Waals surface area contributed by atoms with Crippen LogP contribution in [0.25, 0.3) is 0 Å². The largest absolute Gasteiger partial charge is 0.381 e. The molecule has 4 heteroatoms. The number of hydrogen-bond acceptors (Lipinski definition) is 4. The normalized spacial score (nSPS) is 16.4. The molecule has 1 aliphatic carbocycles. The van der Waals surface area contributed by atoms with Crippen LogP contribution in [0.2, 0.25) is 0 Å². The van der Waals surface area contributed by atoms with Crippen LogP contribution < -0.4 is 11.1 Å². The second-order valence-corrected chi connectivity index (χ2v) is 6.08. The molecule has 0 spiro atoms. The van der Waals surface area contributed by atoms with Gasteiger partial charge in [0.1, 0.15) is 5.82 Å². The maximum absolute atomic E-state index is 5.54. The second-order valence-electron chi connectivity index (χ2n) is 6.08. The van der Waals surface area contributed by atoms with Crippen molar-refractivity contribution < 1.29 is 0 Å². The van der Waals surface area contributed by atoms with Crippen LogP contribution in [-0.4, -0.2) is 23.1 Å². The van der Waals surface area contributed by atoms with Crippen molar-refractivity contribution in [3.05, 3.63) is 17.7 Å². The standard InChI is InChI=1S/C14H24N4/c1-14(2,3)12-11(16-8-7-15)9-17-13(18-12)10-5-4-6-10/h9-10,16H,4-8,15H2,1-3H3. The number of anilines is 1. The Labute approximate surface area is 109 Å². The van der Waals surface area contributed by atoms with Crippen LogP contribution in [0.4, 0.5) is 5.69 Å². The predicted octanol–water partition coefficient (Wildman–Crippen LogP) is 2.41. The number of aromatic nitrogens is 2. The van der Waals surface area contributed by atoms with Crippen LogP contribution in [-0.2, 0) is 5.41 Å². The lowest BCUT2D eigenvalue weighted by molar-refractivity contribution is 0.397. The van der Waals surface area contributed by atoms with E-state index in [9.17, 15) is 0 Å². The summed E-state index contributed by atoms with van der Waals surface area (Å²) in [6.45, 7) is 7.94. The molecule has 0 atom stereocenters. The first-order valence-electron chi connectivity index (χ1n) is 6.83. The molecule has 3 N–H and O–H groups in total. The van der Waals surface area contributed by atoms with Gasteiger partial charge in [0.2, 0.25) is 0 Å². The first kappa shape index (κ1) is 13.3. The molecule has 0 amide bonds. The molecular formula is C14H24N4. The highest BCUT2D eigenvalue weighted by Crippen LogP contribution is 2.36. The van der Waals surface area contributed by atoms with E-state index in [-0.39, 0.29) is 5.41 Å². The van der Waals surface area contributed by atoms with E-state index in [4.69, 9.17) is 10.7 Å². The Kier molecular flexibility index (Phi) is 3.85. The van der Waals surface area contributed by atoms with E-state index in [1.165, 1.54) is 19.3 Å². The van der Waals surface area contributed by atoms with Gasteiger partial charge in [-0.2, -0.15) is 0 Å². The summed E-state index contributed by atoms with van der Waals surface area (Å²) in [7, 11) is 0. The average molecular weight is 248 g/mol. The maximum Gasteiger partial charge on any atom is 0.131 e. The zero-order valence-corrected chi connectivity index (χ0v) is 11.7. The summed E-state index contributed by atoms with van der Waals surface area (Å²) in [5.74, 6) is 1.60. The van der Waals surface area contributed by atoms with Crippen molar-refractivity contribution in [2.24, 2.45) is 5.73 Å². The van der Waals surface area contributed by atoms with Crippen LogP contribution in [0.3, 0.4) is 0 Å². The molecule has 1 heterocycles. The molecule has 4 nitrogen and oxygen atoms in total. The van der Waals surface area contributed by atoms with Crippen LogP contribution in [0.5, 0.6) is 0 Å². The van der Waals surface area contributed by atoms with Crippen LogP contribution in [0, 0.1) is 0 Å². The molecule has 0 aliphatic heterocycles. The summed E-state index contributed by atoms with van der Waals surface area (Å²) in [6, 6.07) is 0. The molecule has 0 radical (unpaired) electrons. The Hall–Kier alpha value is -1.16. The topological polar surface area (TPSA) is 63.8 Å². The van der Waals surface area contributed by atoms with E-state index in [0.717, 1.165) is 23.8 Å². The molecule has 1 aromatic rings. The Morgan fingerprint density at radius 2 is 2.11 bits per heavy atom. The van der Waals surface area contributed by atoms with Crippen molar-refractivity contribution >= 4 is 5.69 Å². The highest BCUT2D eigenvalue weighted by atomic mass is 15.0. The Morgan fingerprint density at radius 1 is 1.39 bits per heavy atom. The lowest BCUT2D eigenvalue weighted by Crippen LogP contribution is -2.23. The molecule has 0 bridgehead atoms. The third-order valence-corrected chi connectivity index (χ3v) is 3.45. The summed E-state index contributed by atoms with van der Waals surface area (Å²) in [4.78, 5) is 9.32. The van der Waals surface area contributed by atoms with E-state index in [2.05, 4.69) is 31.1 Å². The molecule has 0 aromatic carbocycles. The summed E-state index contributed by atoms with van der Waals surface area (Å²) in [5, 5.41) is 3.32. The number of nitrogens with two attached hydrogens (primary N) is 1. The third kappa shape index (κ3) is 2.80. The smallest absolute Gasteiger partial charge is 0.131 e. The van der Waals surface area contributed by atoms with E-state index in [1.54, 1.807) is 0 Å². The zero-order chi connectivity index (χ0) is 13.2. The number of nitrogens with zero attached hydrogens (tertiary/aromatic N) is 2. The van der Waals surface area contributed by atoms with Gasteiger partial charge in [0.25, 0.3) is 0 Å². The first-order valence-corrected chi connectivity index (χ1v) is 6.83.